The lowest BCUT2D eigenvalue weighted by Crippen LogP contribution is -2.03. The van der Waals surface area contributed by atoms with Gasteiger partial charge in [-0.25, -0.2) is 14.4 Å². The van der Waals surface area contributed by atoms with Crippen LogP contribution in [-0.4, -0.2) is 30.4 Å². The normalized spacial score (nSPS) is 10.2. The Balaban J connectivity index is 2.13. The first-order valence-electron chi connectivity index (χ1n) is 8.20. The molecule has 0 spiro atoms. The van der Waals surface area contributed by atoms with Crippen LogP contribution in [0, 0.1) is 17.1 Å². The number of anilines is 2. The summed E-state index contributed by atoms with van der Waals surface area (Å²) in [7, 11) is 3.10. The molecular formula is C20H17FN4O2S. The molecule has 3 rings (SSSR count). The van der Waals surface area contributed by atoms with Crippen LogP contribution in [0.3, 0.4) is 0 Å². The summed E-state index contributed by atoms with van der Waals surface area (Å²) in [5.41, 5.74) is 2.04. The summed E-state index contributed by atoms with van der Waals surface area (Å²) in [6.45, 7) is 0. The molecule has 142 valence electrons. The predicted octanol–water partition coefficient (Wildman–Crippen LogP) is 4.64. The van der Waals surface area contributed by atoms with Gasteiger partial charge in [-0.2, -0.15) is 5.26 Å². The van der Waals surface area contributed by atoms with Crippen LogP contribution < -0.4 is 14.8 Å². The number of methoxy groups -OCH3 is 2. The summed E-state index contributed by atoms with van der Waals surface area (Å²) >= 11 is 1.35. The molecular weight excluding hydrogens is 379 g/mol. The Kier molecular flexibility index (Phi) is 5.96. The highest BCUT2D eigenvalue weighted by Gasteiger charge is 2.18. The van der Waals surface area contributed by atoms with Gasteiger partial charge in [-0.05, 0) is 48.7 Å². The fourth-order valence-corrected chi connectivity index (χ4v) is 2.96. The highest BCUT2D eigenvalue weighted by molar-refractivity contribution is 7.98. The second-order valence-electron chi connectivity index (χ2n) is 5.60. The van der Waals surface area contributed by atoms with E-state index in [9.17, 15) is 9.65 Å². The van der Waals surface area contributed by atoms with Gasteiger partial charge in [0.25, 0.3) is 0 Å². The van der Waals surface area contributed by atoms with Gasteiger partial charge in [0.1, 0.15) is 17.4 Å². The number of ether oxygens (including phenoxy) is 2. The molecule has 1 heterocycles. The van der Waals surface area contributed by atoms with Gasteiger partial charge in [0.05, 0.1) is 19.9 Å². The summed E-state index contributed by atoms with van der Waals surface area (Å²) in [6.07, 6.45) is 1.85. The smallest absolute Gasteiger partial charge is 0.189 e. The average Bonchev–Trinajstić information content (AvgIpc) is 2.74. The molecule has 0 amide bonds. The molecule has 2 aromatic carbocycles. The van der Waals surface area contributed by atoms with Crippen molar-refractivity contribution < 1.29 is 13.9 Å². The molecule has 0 radical (unpaired) electrons. The Hall–Kier alpha value is -3.31. The number of nitriles is 1. The van der Waals surface area contributed by atoms with E-state index in [1.165, 1.54) is 23.9 Å². The highest BCUT2D eigenvalue weighted by Crippen LogP contribution is 2.35. The Morgan fingerprint density at radius 1 is 1.04 bits per heavy atom. The third-order valence-corrected chi connectivity index (χ3v) is 4.49. The molecule has 0 aliphatic heterocycles. The molecule has 0 bridgehead atoms. The number of thioether (sulfide) groups is 1. The van der Waals surface area contributed by atoms with Gasteiger partial charge in [-0.1, -0.05) is 11.8 Å². The summed E-state index contributed by atoms with van der Waals surface area (Å²) in [6, 6.07) is 13.3. The first-order valence-corrected chi connectivity index (χ1v) is 9.43. The molecule has 0 atom stereocenters. The molecule has 6 nitrogen and oxygen atoms in total. The van der Waals surface area contributed by atoms with E-state index in [-0.39, 0.29) is 11.4 Å². The van der Waals surface area contributed by atoms with Crippen molar-refractivity contribution in [3.63, 3.8) is 0 Å². The molecule has 0 saturated heterocycles. The molecule has 1 aromatic heterocycles. The summed E-state index contributed by atoms with van der Waals surface area (Å²) < 4.78 is 23.8. The minimum absolute atomic E-state index is 0.273. The van der Waals surface area contributed by atoms with Gasteiger partial charge < -0.3 is 14.8 Å². The first kappa shape index (κ1) is 19.5. The molecule has 0 unspecified atom stereocenters. The number of nitrogens with one attached hydrogen (secondary N) is 1. The zero-order valence-electron chi connectivity index (χ0n) is 15.5. The molecule has 3 aromatic rings. The van der Waals surface area contributed by atoms with E-state index < -0.39 is 0 Å². The first-order chi connectivity index (χ1) is 13.6. The third kappa shape index (κ3) is 4.00. The van der Waals surface area contributed by atoms with Crippen LogP contribution in [0.1, 0.15) is 5.56 Å². The van der Waals surface area contributed by atoms with Crippen molar-refractivity contribution in [3.8, 4) is 28.8 Å². The van der Waals surface area contributed by atoms with Crippen molar-refractivity contribution in [1.82, 2.24) is 9.97 Å². The second kappa shape index (κ2) is 8.59. The lowest BCUT2D eigenvalue weighted by atomic mass is 10.1. The fraction of sp³-hybridized carbons (Fsp3) is 0.150. The van der Waals surface area contributed by atoms with Crippen molar-refractivity contribution in [3.05, 3.63) is 53.8 Å². The minimum atomic E-state index is -0.343. The van der Waals surface area contributed by atoms with E-state index in [0.717, 1.165) is 0 Å². The van der Waals surface area contributed by atoms with Gasteiger partial charge in [0.15, 0.2) is 22.5 Å². The van der Waals surface area contributed by atoms with Gasteiger partial charge in [-0.3, -0.25) is 0 Å². The molecule has 28 heavy (non-hydrogen) atoms. The van der Waals surface area contributed by atoms with Crippen LogP contribution in [0.5, 0.6) is 11.5 Å². The minimum Gasteiger partial charge on any atom is -0.493 e. The van der Waals surface area contributed by atoms with Crippen LogP contribution >= 0.6 is 11.8 Å². The summed E-state index contributed by atoms with van der Waals surface area (Å²) in [4.78, 5) is 8.92. The van der Waals surface area contributed by atoms with Crippen LogP contribution in [0.25, 0.3) is 11.3 Å². The van der Waals surface area contributed by atoms with E-state index in [2.05, 4.69) is 21.4 Å². The SMILES string of the molecule is COc1ccc(-c2nc(SC)nc(Nc3ccc(F)cc3)c2C#N)cc1OC. The predicted molar refractivity (Wildman–Crippen MR) is 107 cm³/mol. The lowest BCUT2D eigenvalue weighted by molar-refractivity contribution is 0.355. The maximum absolute atomic E-state index is 13.2. The molecule has 0 fully saturated rings. The number of aromatic nitrogens is 2. The number of rotatable bonds is 6. The quantitative estimate of drug-likeness (QED) is 0.480. The fourth-order valence-electron chi connectivity index (χ4n) is 2.59. The molecule has 0 aliphatic carbocycles. The van der Waals surface area contributed by atoms with Crippen molar-refractivity contribution in [2.75, 3.05) is 25.8 Å². The van der Waals surface area contributed by atoms with E-state index in [1.54, 1.807) is 44.6 Å². The largest absolute Gasteiger partial charge is 0.493 e. The van der Waals surface area contributed by atoms with E-state index in [1.807, 2.05) is 6.26 Å². The maximum Gasteiger partial charge on any atom is 0.189 e. The number of hydrogen-bond donors (Lipinski definition) is 1. The van der Waals surface area contributed by atoms with Crippen molar-refractivity contribution >= 4 is 23.3 Å². The Morgan fingerprint density at radius 3 is 2.36 bits per heavy atom. The van der Waals surface area contributed by atoms with Gasteiger partial charge >= 0.3 is 0 Å². The van der Waals surface area contributed by atoms with Gasteiger partial charge in [-0.15, -0.1) is 0 Å². The average molecular weight is 396 g/mol. The Morgan fingerprint density at radius 2 is 1.75 bits per heavy atom. The highest BCUT2D eigenvalue weighted by atomic mass is 32.2. The standard InChI is InChI=1S/C20H17FN4O2S/c1-26-16-9-4-12(10-17(16)27-2)18-15(11-22)19(25-20(24-18)28-3)23-14-7-5-13(21)6-8-14/h4-10H,1-3H3,(H,23,24,25). The zero-order valence-corrected chi connectivity index (χ0v) is 16.3. The van der Waals surface area contributed by atoms with Crippen LogP contribution in [-0.2, 0) is 0 Å². The summed E-state index contributed by atoms with van der Waals surface area (Å²) in [5, 5.41) is 13.4. The molecule has 8 heteroatoms. The number of benzene rings is 2. The van der Waals surface area contributed by atoms with Crippen molar-refractivity contribution in [2.45, 2.75) is 5.16 Å². The second-order valence-corrected chi connectivity index (χ2v) is 6.37. The number of nitrogens with zero attached hydrogens (tertiary/aromatic N) is 3. The summed E-state index contributed by atoms with van der Waals surface area (Å²) in [5.74, 6) is 1.11. The molecule has 0 aliphatic rings. The third-order valence-electron chi connectivity index (χ3n) is 3.95. The Labute approximate surface area is 166 Å². The Bertz CT molecular complexity index is 1040. The molecule has 0 saturated carbocycles. The van der Waals surface area contributed by atoms with Crippen molar-refractivity contribution in [1.29, 1.82) is 5.26 Å². The number of hydrogen-bond acceptors (Lipinski definition) is 7. The van der Waals surface area contributed by atoms with Crippen LogP contribution in [0.15, 0.2) is 47.6 Å². The maximum atomic E-state index is 13.2. The lowest BCUT2D eigenvalue weighted by Gasteiger charge is -2.14. The molecule has 1 N–H and O–H groups in total. The van der Waals surface area contributed by atoms with Crippen molar-refractivity contribution in [2.24, 2.45) is 0 Å². The number of halogens is 1. The van der Waals surface area contributed by atoms with E-state index in [0.29, 0.717) is 39.4 Å². The topological polar surface area (TPSA) is 80.1 Å². The zero-order chi connectivity index (χ0) is 20.1. The van der Waals surface area contributed by atoms with Crippen LogP contribution in [0.2, 0.25) is 0 Å². The monoisotopic (exact) mass is 396 g/mol. The van der Waals surface area contributed by atoms with E-state index >= 15 is 0 Å². The van der Waals surface area contributed by atoms with Gasteiger partial charge in [0.2, 0.25) is 0 Å². The van der Waals surface area contributed by atoms with E-state index in [4.69, 9.17) is 9.47 Å². The van der Waals surface area contributed by atoms with Crippen LogP contribution in [0.4, 0.5) is 15.9 Å². The van der Waals surface area contributed by atoms with Gasteiger partial charge in [0, 0.05) is 11.3 Å².